The smallest absolute Gasteiger partial charge is 0.421 e. The van der Waals surface area contributed by atoms with E-state index in [1.807, 2.05) is 13.0 Å². The summed E-state index contributed by atoms with van der Waals surface area (Å²) in [6.07, 6.45) is -2.14. The van der Waals surface area contributed by atoms with Gasteiger partial charge in [-0.25, -0.2) is 4.98 Å². The number of hydrogen-bond donors (Lipinski definition) is 3. The van der Waals surface area contributed by atoms with Gasteiger partial charge in [-0.3, -0.25) is 0 Å². The molecule has 1 aromatic carbocycles. The summed E-state index contributed by atoms with van der Waals surface area (Å²) < 4.78 is 44.9. The number of ether oxygens (including phenoxy) is 1. The van der Waals surface area contributed by atoms with E-state index < -0.39 is 11.7 Å². The molecule has 0 spiro atoms. The summed E-state index contributed by atoms with van der Waals surface area (Å²) in [6, 6.07) is 5.40. The summed E-state index contributed by atoms with van der Waals surface area (Å²) in [5, 5.41) is 8.88. The van der Waals surface area contributed by atoms with Gasteiger partial charge in [-0.05, 0) is 31.9 Å². The Labute approximate surface area is 141 Å². The summed E-state index contributed by atoms with van der Waals surface area (Å²) >= 11 is 0. The van der Waals surface area contributed by atoms with Crippen LogP contribution in [0.15, 0.2) is 24.4 Å². The number of benzene rings is 1. The molecule has 1 aromatic heterocycles. The van der Waals surface area contributed by atoms with Crippen molar-refractivity contribution in [1.29, 1.82) is 0 Å². The van der Waals surface area contributed by atoms with Crippen LogP contribution in [0.5, 0.6) is 5.75 Å². The Balaban J connectivity index is 1.59. The van der Waals surface area contributed by atoms with E-state index in [2.05, 4.69) is 25.9 Å². The molecule has 4 rings (SSSR count). The van der Waals surface area contributed by atoms with Crippen LogP contribution in [-0.2, 0) is 6.18 Å². The van der Waals surface area contributed by atoms with Crippen LogP contribution in [0.4, 0.5) is 36.3 Å². The van der Waals surface area contributed by atoms with Crippen LogP contribution in [-0.4, -0.2) is 22.2 Å². The number of aromatic nitrogens is 2. The standard InChI is InChI=1S/C16H16F3N5O/c1-8-21-12-5-4-10(6-13(12)25-8)23-15-20-7-11(16(17,18)19)14(24-15)22-9-2-3-9/h4-9,21H,2-3H2,1H3,(H2,20,22,23,24). The molecule has 0 amide bonds. The van der Waals surface area contributed by atoms with Gasteiger partial charge >= 0.3 is 6.18 Å². The maximum atomic E-state index is 13.1. The highest BCUT2D eigenvalue weighted by atomic mass is 19.4. The van der Waals surface area contributed by atoms with Crippen molar-refractivity contribution in [3.63, 3.8) is 0 Å². The van der Waals surface area contributed by atoms with E-state index >= 15 is 0 Å². The first kappa shape index (κ1) is 15.8. The minimum absolute atomic E-state index is 0.0461. The molecule has 0 bridgehead atoms. The summed E-state index contributed by atoms with van der Waals surface area (Å²) in [6.45, 7) is 1.88. The van der Waals surface area contributed by atoms with Gasteiger partial charge < -0.3 is 20.7 Å². The van der Waals surface area contributed by atoms with E-state index in [1.165, 1.54) is 0 Å². The number of nitrogens with zero attached hydrogens (tertiary/aromatic N) is 2. The van der Waals surface area contributed by atoms with Gasteiger partial charge in [0.1, 0.15) is 17.1 Å². The molecule has 6 nitrogen and oxygen atoms in total. The predicted molar refractivity (Wildman–Crippen MR) is 87.1 cm³/mol. The number of nitrogens with one attached hydrogen (secondary N) is 3. The molecule has 1 aliphatic heterocycles. The first-order valence-electron chi connectivity index (χ1n) is 7.93. The Bertz CT molecular complexity index is 807. The van der Waals surface area contributed by atoms with E-state index in [0.29, 0.717) is 11.4 Å². The van der Waals surface area contributed by atoms with Gasteiger partial charge in [-0.15, -0.1) is 0 Å². The lowest BCUT2D eigenvalue weighted by molar-refractivity contribution is -0.137. The number of fused-ring (bicyclic) bond motifs is 1. The molecule has 1 unspecified atom stereocenters. The topological polar surface area (TPSA) is 71.1 Å². The van der Waals surface area contributed by atoms with Gasteiger partial charge in [0.15, 0.2) is 6.23 Å². The van der Waals surface area contributed by atoms with Gasteiger partial charge in [0.25, 0.3) is 0 Å². The second-order valence-corrected chi connectivity index (χ2v) is 6.11. The molecule has 1 atom stereocenters. The molecule has 1 saturated carbocycles. The average molecular weight is 351 g/mol. The average Bonchev–Trinajstić information content (AvgIpc) is 3.25. The highest BCUT2D eigenvalue weighted by Crippen LogP contribution is 2.37. The van der Waals surface area contributed by atoms with Crippen molar-refractivity contribution in [3.8, 4) is 5.75 Å². The second-order valence-electron chi connectivity index (χ2n) is 6.11. The minimum atomic E-state index is -4.50. The van der Waals surface area contributed by atoms with Crippen molar-refractivity contribution in [2.24, 2.45) is 0 Å². The number of alkyl halides is 3. The molecule has 9 heteroatoms. The van der Waals surface area contributed by atoms with Crippen LogP contribution in [0.25, 0.3) is 0 Å². The third-order valence-electron chi connectivity index (χ3n) is 3.91. The maximum absolute atomic E-state index is 13.1. The quantitative estimate of drug-likeness (QED) is 0.774. The number of hydrogen-bond acceptors (Lipinski definition) is 6. The van der Waals surface area contributed by atoms with Gasteiger partial charge in [0, 0.05) is 24.0 Å². The fourth-order valence-corrected chi connectivity index (χ4v) is 2.57. The Hall–Kier alpha value is -2.71. The number of anilines is 4. The third-order valence-corrected chi connectivity index (χ3v) is 3.91. The van der Waals surface area contributed by atoms with Crippen molar-refractivity contribution in [3.05, 3.63) is 30.0 Å². The third kappa shape index (κ3) is 3.40. The van der Waals surface area contributed by atoms with Gasteiger partial charge in [-0.2, -0.15) is 18.2 Å². The Morgan fingerprint density at radius 3 is 2.80 bits per heavy atom. The van der Waals surface area contributed by atoms with Crippen LogP contribution in [0, 0.1) is 0 Å². The zero-order chi connectivity index (χ0) is 17.6. The molecule has 25 heavy (non-hydrogen) atoms. The highest BCUT2D eigenvalue weighted by molar-refractivity contribution is 5.68. The first-order chi connectivity index (χ1) is 11.9. The van der Waals surface area contributed by atoms with Crippen LogP contribution < -0.4 is 20.7 Å². The lowest BCUT2D eigenvalue weighted by atomic mass is 10.2. The van der Waals surface area contributed by atoms with Crippen LogP contribution in [0.2, 0.25) is 0 Å². The van der Waals surface area contributed by atoms with Crippen LogP contribution in [0.3, 0.4) is 0 Å². The summed E-state index contributed by atoms with van der Waals surface area (Å²) in [5.74, 6) is 0.566. The molecule has 132 valence electrons. The second kappa shape index (κ2) is 5.68. The van der Waals surface area contributed by atoms with E-state index in [9.17, 15) is 13.2 Å². The van der Waals surface area contributed by atoms with E-state index in [4.69, 9.17) is 4.74 Å². The van der Waals surface area contributed by atoms with E-state index in [1.54, 1.807) is 12.1 Å². The Morgan fingerprint density at radius 1 is 1.28 bits per heavy atom. The van der Waals surface area contributed by atoms with Crippen molar-refractivity contribution < 1.29 is 17.9 Å². The fraction of sp³-hybridized carbons (Fsp3) is 0.375. The SMILES string of the molecule is CC1Nc2ccc(Nc3ncc(C(F)(F)F)c(NC4CC4)n3)cc2O1. The Morgan fingerprint density at radius 2 is 2.08 bits per heavy atom. The minimum Gasteiger partial charge on any atom is -0.469 e. The molecule has 2 heterocycles. The van der Waals surface area contributed by atoms with Crippen molar-refractivity contribution in [2.75, 3.05) is 16.0 Å². The molecule has 0 saturated heterocycles. The Kier molecular flexibility index (Phi) is 3.59. The van der Waals surface area contributed by atoms with E-state index in [-0.39, 0.29) is 24.0 Å². The van der Waals surface area contributed by atoms with Crippen molar-refractivity contribution >= 4 is 23.1 Å². The maximum Gasteiger partial charge on any atom is 0.421 e. The molecular weight excluding hydrogens is 335 g/mol. The van der Waals surface area contributed by atoms with Crippen LogP contribution >= 0.6 is 0 Å². The lowest BCUT2D eigenvalue weighted by Crippen LogP contribution is -2.15. The summed E-state index contributed by atoms with van der Waals surface area (Å²) in [5.41, 5.74) is 0.634. The number of halogens is 3. The normalized spacial score (nSPS) is 19.0. The van der Waals surface area contributed by atoms with Crippen molar-refractivity contribution in [2.45, 2.75) is 38.2 Å². The zero-order valence-electron chi connectivity index (χ0n) is 13.3. The van der Waals surface area contributed by atoms with E-state index in [0.717, 1.165) is 24.7 Å². The van der Waals surface area contributed by atoms with Gasteiger partial charge in [0.2, 0.25) is 5.95 Å². The fourth-order valence-electron chi connectivity index (χ4n) is 2.57. The van der Waals surface area contributed by atoms with Gasteiger partial charge in [0.05, 0.1) is 5.69 Å². The molecule has 2 aromatic rings. The zero-order valence-corrected chi connectivity index (χ0v) is 13.3. The first-order valence-corrected chi connectivity index (χ1v) is 7.93. The van der Waals surface area contributed by atoms with Crippen LogP contribution in [0.1, 0.15) is 25.3 Å². The lowest BCUT2D eigenvalue weighted by Gasteiger charge is -2.14. The monoisotopic (exact) mass is 351 g/mol. The number of rotatable bonds is 4. The molecule has 2 aliphatic rings. The molecule has 1 fully saturated rings. The largest absolute Gasteiger partial charge is 0.469 e. The predicted octanol–water partition coefficient (Wildman–Crippen LogP) is 3.96. The molecule has 1 aliphatic carbocycles. The molecular formula is C16H16F3N5O. The summed E-state index contributed by atoms with van der Waals surface area (Å²) in [7, 11) is 0. The van der Waals surface area contributed by atoms with Crippen molar-refractivity contribution in [1.82, 2.24) is 9.97 Å². The molecule has 0 radical (unpaired) electrons. The summed E-state index contributed by atoms with van der Waals surface area (Å²) in [4.78, 5) is 7.81. The molecule has 3 N–H and O–H groups in total. The highest BCUT2D eigenvalue weighted by Gasteiger charge is 2.36. The van der Waals surface area contributed by atoms with Gasteiger partial charge in [-0.1, -0.05) is 0 Å².